The van der Waals surface area contributed by atoms with Gasteiger partial charge in [-0.1, -0.05) is 66.2 Å². The van der Waals surface area contributed by atoms with Gasteiger partial charge in [-0.2, -0.15) is 5.10 Å². The van der Waals surface area contributed by atoms with Crippen molar-refractivity contribution in [2.24, 2.45) is 0 Å². The van der Waals surface area contributed by atoms with E-state index >= 15 is 0 Å². The predicted octanol–water partition coefficient (Wildman–Crippen LogP) is 5.96. The summed E-state index contributed by atoms with van der Waals surface area (Å²) in [5.41, 5.74) is 4.60. The fourth-order valence-corrected chi connectivity index (χ4v) is 3.57. The van der Waals surface area contributed by atoms with Gasteiger partial charge in [0.2, 0.25) is 0 Å². The SMILES string of the molecule is Clc1ccc(-c2c3ccccc3n3ncc4ccccc4c23)cc1. The van der Waals surface area contributed by atoms with Crippen LogP contribution in [0.5, 0.6) is 0 Å². The van der Waals surface area contributed by atoms with Crippen molar-refractivity contribution in [1.82, 2.24) is 9.61 Å². The molecule has 0 aliphatic heterocycles. The Bertz CT molecular complexity index is 1200. The third-order valence-corrected chi connectivity index (χ3v) is 4.76. The van der Waals surface area contributed by atoms with Gasteiger partial charge in [0, 0.05) is 26.7 Å². The van der Waals surface area contributed by atoms with Crippen LogP contribution in [-0.2, 0) is 0 Å². The maximum Gasteiger partial charge on any atom is 0.0816 e. The minimum atomic E-state index is 0.745. The highest BCUT2D eigenvalue weighted by atomic mass is 35.5. The van der Waals surface area contributed by atoms with Crippen molar-refractivity contribution in [3.05, 3.63) is 84.0 Å². The largest absolute Gasteiger partial charge is 0.232 e. The van der Waals surface area contributed by atoms with Crippen LogP contribution in [0.15, 0.2) is 79.0 Å². The maximum absolute atomic E-state index is 6.09. The van der Waals surface area contributed by atoms with Gasteiger partial charge in [0.15, 0.2) is 0 Å². The summed E-state index contributed by atoms with van der Waals surface area (Å²) in [7, 11) is 0. The minimum absolute atomic E-state index is 0.745. The summed E-state index contributed by atoms with van der Waals surface area (Å²) in [4.78, 5) is 0. The molecule has 0 saturated carbocycles. The summed E-state index contributed by atoms with van der Waals surface area (Å²) < 4.78 is 2.04. The summed E-state index contributed by atoms with van der Waals surface area (Å²) in [6, 6.07) is 24.8. The quantitative estimate of drug-likeness (QED) is 0.371. The molecule has 0 fully saturated rings. The molecule has 0 radical (unpaired) electrons. The molecule has 3 aromatic carbocycles. The van der Waals surface area contributed by atoms with Gasteiger partial charge in [0.1, 0.15) is 0 Å². The van der Waals surface area contributed by atoms with Crippen molar-refractivity contribution < 1.29 is 0 Å². The van der Waals surface area contributed by atoms with Crippen LogP contribution >= 0.6 is 11.6 Å². The Hall–Kier alpha value is -2.84. The molecule has 0 bridgehead atoms. The first-order valence-electron chi connectivity index (χ1n) is 7.86. The normalized spacial score (nSPS) is 11.5. The third-order valence-electron chi connectivity index (χ3n) is 4.51. The van der Waals surface area contributed by atoms with Gasteiger partial charge < -0.3 is 0 Å². The average Bonchev–Trinajstić information content (AvgIpc) is 2.97. The molecule has 24 heavy (non-hydrogen) atoms. The summed E-state index contributed by atoms with van der Waals surface area (Å²) in [6.45, 7) is 0. The number of aromatic nitrogens is 2. The zero-order chi connectivity index (χ0) is 16.1. The average molecular weight is 329 g/mol. The molecule has 0 aliphatic rings. The van der Waals surface area contributed by atoms with E-state index in [0.717, 1.165) is 27.0 Å². The molecule has 2 heterocycles. The van der Waals surface area contributed by atoms with E-state index in [4.69, 9.17) is 16.7 Å². The molecule has 2 aromatic heterocycles. The van der Waals surface area contributed by atoms with Crippen LogP contribution < -0.4 is 0 Å². The number of nitrogens with zero attached hydrogens (tertiary/aromatic N) is 2. The fourth-order valence-electron chi connectivity index (χ4n) is 3.45. The summed E-state index contributed by atoms with van der Waals surface area (Å²) >= 11 is 6.09. The number of hydrogen-bond donors (Lipinski definition) is 0. The van der Waals surface area contributed by atoms with Crippen molar-refractivity contribution in [3.63, 3.8) is 0 Å². The lowest BCUT2D eigenvalue weighted by atomic mass is 10.0. The van der Waals surface area contributed by atoms with Gasteiger partial charge in [-0.25, -0.2) is 4.52 Å². The van der Waals surface area contributed by atoms with E-state index in [1.165, 1.54) is 16.3 Å². The first-order chi connectivity index (χ1) is 11.8. The minimum Gasteiger partial charge on any atom is -0.232 e. The second-order valence-electron chi connectivity index (χ2n) is 5.89. The zero-order valence-electron chi connectivity index (χ0n) is 12.8. The molecule has 2 nitrogen and oxygen atoms in total. The Morgan fingerprint density at radius 1 is 0.750 bits per heavy atom. The van der Waals surface area contributed by atoms with E-state index in [1.54, 1.807) is 0 Å². The highest BCUT2D eigenvalue weighted by Crippen LogP contribution is 2.38. The maximum atomic E-state index is 6.09. The number of fused-ring (bicyclic) bond motifs is 5. The lowest BCUT2D eigenvalue weighted by Gasteiger charge is -2.05. The lowest BCUT2D eigenvalue weighted by molar-refractivity contribution is 0.988. The van der Waals surface area contributed by atoms with E-state index in [9.17, 15) is 0 Å². The van der Waals surface area contributed by atoms with E-state index in [0.29, 0.717) is 0 Å². The predicted molar refractivity (Wildman–Crippen MR) is 101 cm³/mol. The van der Waals surface area contributed by atoms with Gasteiger partial charge in [-0.15, -0.1) is 0 Å². The fraction of sp³-hybridized carbons (Fsp3) is 0. The second kappa shape index (κ2) is 5.08. The van der Waals surface area contributed by atoms with Crippen LogP contribution in [0.4, 0.5) is 0 Å². The number of halogens is 1. The summed E-state index contributed by atoms with van der Waals surface area (Å²) in [5.74, 6) is 0. The van der Waals surface area contributed by atoms with Gasteiger partial charge in [0.25, 0.3) is 0 Å². The van der Waals surface area contributed by atoms with Gasteiger partial charge in [-0.05, 0) is 23.8 Å². The van der Waals surface area contributed by atoms with Gasteiger partial charge in [-0.3, -0.25) is 0 Å². The number of hydrogen-bond acceptors (Lipinski definition) is 1. The standard InChI is InChI=1S/C21H13ClN2/c22-16-11-9-14(10-12-16)20-18-7-3-4-8-19(18)24-21(20)17-6-2-1-5-15(17)13-23-24/h1-13H. The number of para-hydroxylation sites is 1. The molecular weight excluding hydrogens is 316 g/mol. The Morgan fingerprint density at radius 2 is 1.46 bits per heavy atom. The van der Waals surface area contributed by atoms with Gasteiger partial charge >= 0.3 is 0 Å². The van der Waals surface area contributed by atoms with Crippen molar-refractivity contribution in [2.75, 3.05) is 0 Å². The molecule has 5 aromatic rings. The van der Waals surface area contributed by atoms with Crippen molar-refractivity contribution >= 4 is 38.8 Å². The van der Waals surface area contributed by atoms with Crippen LogP contribution in [0, 0.1) is 0 Å². The van der Waals surface area contributed by atoms with Gasteiger partial charge in [0.05, 0.1) is 17.2 Å². The van der Waals surface area contributed by atoms with Crippen molar-refractivity contribution in [3.8, 4) is 11.1 Å². The van der Waals surface area contributed by atoms with E-state index < -0.39 is 0 Å². The number of benzene rings is 3. The van der Waals surface area contributed by atoms with Crippen LogP contribution in [-0.4, -0.2) is 9.61 Å². The molecule has 0 spiro atoms. The smallest absolute Gasteiger partial charge is 0.0816 e. The molecule has 5 rings (SSSR count). The van der Waals surface area contributed by atoms with E-state index in [1.807, 2.05) is 28.9 Å². The Balaban J connectivity index is 2.05. The molecule has 3 heteroatoms. The molecule has 0 unspecified atom stereocenters. The highest BCUT2D eigenvalue weighted by Gasteiger charge is 2.16. The van der Waals surface area contributed by atoms with Crippen LogP contribution in [0.2, 0.25) is 5.02 Å². The number of rotatable bonds is 1. The third kappa shape index (κ3) is 1.87. The molecule has 0 saturated heterocycles. The molecule has 0 atom stereocenters. The summed E-state index contributed by atoms with van der Waals surface area (Å²) in [6.07, 6.45) is 1.93. The van der Waals surface area contributed by atoms with Crippen LogP contribution in [0.1, 0.15) is 0 Å². The Kier molecular flexibility index (Phi) is 2.88. The monoisotopic (exact) mass is 328 g/mol. The van der Waals surface area contributed by atoms with Crippen LogP contribution in [0.25, 0.3) is 38.3 Å². The Morgan fingerprint density at radius 3 is 2.29 bits per heavy atom. The Labute approximate surface area is 143 Å². The molecular formula is C21H13ClN2. The molecule has 0 N–H and O–H groups in total. The topological polar surface area (TPSA) is 17.3 Å². The van der Waals surface area contributed by atoms with E-state index in [2.05, 4.69) is 54.6 Å². The van der Waals surface area contributed by atoms with Crippen molar-refractivity contribution in [1.29, 1.82) is 0 Å². The lowest BCUT2D eigenvalue weighted by Crippen LogP contribution is -1.91. The first-order valence-corrected chi connectivity index (χ1v) is 8.24. The highest BCUT2D eigenvalue weighted by molar-refractivity contribution is 6.30. The summed E-state index contributed by atoms with van der Waals surface area (Å²) in [5, 5.41) is 8.98. The molecule has 0 aliphatic carbocycles. The van der Waals surface area contributed by atoms with Crippen LogP contribution in [0.3, 0.4) is 0 Å². The molecule has 0 amide bonds. The van der Waals surface area contributed by atoms with E-state index in [-0.39, 0.29) is 0 Å². The first kappa shape index (κ1) is 13.6. The zero-order valence-corrected chi connectivity index (χ0v) is 13.5. The van der Waals surface area contributed by atoms with Crippen molar-refractivity contribution in [2.45, 2.75) is 0 Å². The second-order valence-corrected chi connectivity index (χ2v) is 6.33. The molecule has 114 valence electrons.